The molecule has 0 N–H and O–H groups in total. The molecular formula is C9H8O5. The van der Waals surface area contributed by atoms with Gasteiger partial charge in [0.25, 0.3) is 0 Å². The van der Waals surface area contributed by atoms with Crippen LogP contribution in [0.1, 0.15) is 27.5 Å². The minimum Gasteiger partial charge on any atom is -0.460 e. The fraction of sp³-hybridized carbons (Fsp3) is 0.333. The maximum absolute atomic E-state index is 11.2. The predicted octanol–water partition coefficient (Wildman–Crippen LogP) is 0.997. The minimum absolute atomic E-state index is 0.0267. The Morgan fingerprint density at radius 3 is 1.93 bits per heavy atom. The van der Waals surface area contributed by atoms with Crippen molar-refractivity contribution in [1.29, 1.82) is 0 Å². The molecule has 2 heterocycles. The molecule has 1 aliphatic rings. The molecule has 1 aromatic rings. The van der Waals surface area contributed by atoms with Gasteiger partial charge in [-0.1, -0.05) is 0 Å². The molecule has 2 bridgehead atoms. The quantitative estimate of drug-likeness (QED) is 0.579. The molecular weight excluding hydrogens is 188 g/mol. The number of fused-ring (bicyclic) bond motifs is 2. The standard InChI is InChI=1S/C9H8O5/c10-8-6-2-3-7(14-6)9(11)13-5-1-4-12-8/h2-3H,1,4-5H2. The van der Waals surface area contributed by atoms with E-state index < -0.39 is 11.9 Å². The molecule has 0 spiro atoms. The fourth-order valence-corrected chi connectivity index (χ4v) is 1.09. The second kappa shape index (κ2) is 3.53. The van der Waals surface area contributed by atoms with Crippen molar-refractivity contribution >= 4 is 11.9 Å². The van der Waals surface area contributed by atoms with E-state index in [1.807, 2.05) is 0 Å². The average molecular weight is 196 g/mol. The van der Waals surface area contributed by atoms with Gasteiger partial charge in [-0.3, -0.25) is 0 Å². The molecule has 14 heavy (non-hydrogen) atoms. The number of furan rings is 1. The van der Waals surface area contributed by atoms with E-state index in [2.05, 4.69) is 0 Å². The molecule has 0 saturated carbocycles. The summed E-state index contributed by atoms with van der Waals surface area (Å²) in [4.78, 5) is 22.4. The molecule has 2 rings (SSSR count). The van der Waals surface area contributed by atoms with Crippen LogP contribution >= 0.6 is 0 Å². The predicted molar refractivity (Wildman–Crippen MR) is 43.9 cm³/mol. The normalized spacial score (nSPS) is 17.1. The molecule has 5 nitrogen and oxygen atoms in total. The van der Waals surface area contributed by atoms with Crippen LogP contribution in [0.2, 0.25) is 0 Å². The van der Waals surface area contributed by atoms with E-state index in [-0.39, 0.29) is 24.7 Å². The van der Waals surface area contributed by atoms with E-state index in [1.54, 1.807) is 0 Å². The Balaban J connectivity index is 2.29. The molecule has 0 radical (unpaired) electrons. The highest BCUT2D eigenvalue weighted by Crippen LogP contribution is 2.12. The Morgan fingerprint density at radius 2 is 1.43 bits per heavy atom. The monoisotopic (exact) mass is 196 g/mol. The third kappa shape index (κ3) is 1.61. The summed E-state index contributed by atoms with van der Waals surface area (Å²) in [5.74, 6) is -1.05. The molecule has 0 amide bonds. The van der Waals surface area contributed by atoms with E-state index in [9.17, 15) is 9.59 Å². The summed E-state index contributed by atoms with van der Waals surface area (Å²) in [5, 5.41) is 0. The smallest absolute Gasteiger partial charge is 0.374 e. The van der Waals surface area contributed by atoms with Crippen molar-refractivity contribution in [3.05, 3.63) is 23.7 Å². The van der Waals surface area contributed by atoms with Crippen LogP contribution in [0.25, 0.3) is 0 Å². The third-order valence-corrected chi connectivity index (χ3v) is 1.76. The number of carbonyl (C=O) groups is 2. The Kier molecular flexibility index (Phi) is 2.22. The van der Waals surface area contributed by atoms with Crippen LogP contribution < -0.4 is 0 Å². The van der Waals surface area contributed by atoms with E-state index in [1.165, 1.54) is 12.1 Å². The summed E-state index contributed by atoms with van der Waals surface area (Å²) < 4.78 is 14.6. The fourth-order valence-electron chi connectivity index (χ4n) is 1.09. The average Bonchev–Trinajstić information content (AvgIpc) is 2.64. The van der Waals surface area contributed by atoms with Crippen molar-refractivity contribution in [1.82, 2.24) is 0 Å². The van der Waals surface area contributed by atoms with Crippen molar-refractivity contribution < 1.29 is 23.5 Å². The van der Waals surface area contributed by atoms with Crippen molar-refractivity contribution in [2.75, 3.05) is 13.2 Å². The maximum Gasteiger partial charge on any atom is 0.374 e. The summed E-state index contributed by atoms with van der Waals surface area (Å²) in [7, 11) is 0. The van der Waals surface area contributed by atoms with Gasteiger partial charge in [0, 0.05) is 6.42 Å². The van der Waals surface area contributed by atoms with E-state index >= 15 is 0 Å². The number of cyclic esters (lactones) is 2. The zero-order chi connectivity index (χ0) is 9.97. The number of hydrogen-bond acceptors (Lipinski definition) is 5. The lowest BCUT2D eigenvalue weighted by molar-refractivity contribution is 0.0315. The zero-order valence-corrected chi connectivity index (χ0v) is 7.32. The highest BCUT2D eigenvalue weighted by Gasteiger charge is 2.19. The molecule has 1 aliphatic heterocycles. The van der Waals surface area contributed by atoms with Gasteiger partial charge in [0.15, 0.2) is 0 Å². The second-order valence-corrected chi connectivity index (χ2v) is 2.79. The van der Waals surface area contributed by atoms with Crippen molar-refractivity contribution in [3.8, 4) is 0 Å². The Hall–Kier alpha value is -1.78. The largest absolute Gasteiger partial charge is 0.460 e. The van der Waals surface area contributed by atoms with Gasteiger partial charge in [-0.05, 0) is 12.1 Å². The lowest BCUT2D eigenvalue weighted by atomic mass is 10.4. The third-order valence-electron chi connectivity index (χ3n) is 1.76. The van der Waals surface area contributed by atoms with Crippen LogP contribution in [0.15, 0.2) is 16.5 Å². The second-order valence-electron chi connectivity index (χ2n) is 2.79. The van der Waals surface area contributed by atoms with Crippen LogP contribution in [0.4, 0.5) is 0 Å². The van der Waals surface area contributed by atoms with Gasteiger partial charge in [-0.25, -0.2) is 9.59 Å². The van der Waals surface area contributed by atoms with Gasteiger partial charge in [0.1, 0.15) is 0 Å². The van der Waals surface area contributed by atoms with Crippen molar-refractivity contribution in [2.24, 2.45) is 0 Å². The molecule has 0 saturated heterocycles. The molecule has 0 unspecified atom stereocenters. The Bertz CT molecular complexity index is 333. The maximum atomic E-state index is 11.2. The van der Waals surface area contributed by atoms with Gasteiger partial charge in [-0.15, -0.1) is 0 Å². The van der Waals surface area contributed by atoms with Crippen LogP contribution in [-0.2, 0) is 9.47 Å². The highest BCUT2D eigenvalue weighted by molar-refractivity contribution is 5.90. The number of esters is 2. The lowest BCUT2D eigenvalue weighted by Gasteiger charge is -2.06. The van der Waals surface area contributed by atoms with Crippen molar-refractivity contribution in [3.63, 3.8) is 0 Å². The van der Waals surface area contributed by atoms with Gasteiger partial charge in [0.05, 0.1) is 13.2 Å². The number of carbonyl (C=O) groups excluding carboxylic acids is 2. The molecule has 0 aromatic carbocycles. The van der Waals surface area contributed by atoms with Crippen LogP contribution in [0.3, 0.4) is 0 Å². The topological polar surface area (TPSA) is 65.7 Å². The summed E-state index contributed by atoms with van der Waals surface area (Å²) in [6, 6.07) is 2.79. The molecule has 1 aromatic heterocycles. The zero-order valence-electron chi connectivity index (χ0n) is 7.32. The molecule has 74 valence electrons. The molecule has 0 aliphatic carbocycles. The lowest BCUT2D eigenvalue weighted by Crippen LogP contribution is -2.12. The van der Waals surface area contributed by atoms with Gasteiger partial charge in [-0.2, -0.15) is 0 Å². The first-order valence-corrected chi connectivity index (χ1v) is 4.21. The summed E-state index contributed by atoms with van der Waals surface area (Å²) in [6.45, 7) is 0.449. The van der Waals surface area contributed by atoms with Crippen molar-refractivity contribution in [2.45, 2.75) is 6.42 Å². The first kappa shape index (κ1) is 8.80. The summed E-state index contributed by atoms with van der Waals surface area (Å²) in [6.07, 6.45) is 0.498. The van der Waals surface area contributed by atoms with Gasteiger partial charge in [0.2, 0.25) is 11.5 Å². The van der Waals surface area contributed by atoms with Crippen LogP contribution in [-0.4, -0.2) is 25.2 Å². The van der Waals surface area contributed by atoms with E-state index in [0.717, 1.165) is 0 Å². The summed E-state index contributed by atoms with van der Waals surface area (Å²) >= 11 is 0. The van der Waals surface area contributed by atoms with Gasteiger partial charge >= 0.3 is 11.9 Å². The van der Waals surface area contributed by atoms with E-state index in [0.29, 0.717) is 6.42 Å². The summed E-state index contributed by atoms with van der Waals surface area (Å²) in [5.41, 5.74) is 0. The molecule has 0 atom stereocenters. The van der Waals surface area contributed by atoms with Gasteiger partial charge < -0.3 is 13.9 Å². The first-order valence-electron chi connectivity index (χ1n) is 4.21. The first-order chi connectivity index (χ1) is 6.77. The van der Waals surface area contributed by atoms with E-state index in [4.69, 9.17) is 13.9 Å². The SMILES string of the molecule is O=C1OCCCOC(=O)c2ccc1o2. The van der Waals surface area contributed by atoms with Crippen LogP contribution in [0.5, 0.6) is 0 Å². The minimum atomic E-state index is -0.550. The number of rotatable bonds is 0. The van der Waals surface area contributed by atoms with Crippen LogP contribution in [0, 0.1) is 0 Å². The Morgan fingerprint density at radius 1 is 0.929 bits per heavy atom. The molecule has 0 fully saturated rings. The highest BCUT2D eigenvalue weighted by atomic mass is 16.6. The number of hydrogen-bond donors (Lipinski definition) is 0. The Labute approximate surface area is 79.6 Å². The molecule has 5 heteroatoms. The number of ether oxygens (including phenoxy) is 2.